The fraction of sp³-hybridized carbons (Fsp3) is 0.500. The van der Waals surface area contributed by atoms with Crippen LogP contribution < -0.4 is 16.0 Å². The Morgan fingerprint density at radius 2 is 1.81 bits per heavy atom. The number of unbranched alkanes of at least 4 members (excludes halogenated alkanes) is 1. The number of methoxy groups -OCH3 is 1. The van der Waals surface area contributed by atoms with Gasteiger partial charge in [0, 0.05) is 10.2 Å². The molecule has 0 bridgehead atoms. The highest BCUT2D eigenvalue weighted by molar-refractivity contribution is 9.10. The maximum absolute atomic E-state index is 12.0. The van der Waals surface area contributed by atoms with Crippen molar-refractivity contribution in [2.45, 2.75) is 46.1 Å². The fourth-order valence-electron chi connectivity index (χ4n) is 2.47. The van der Waals surface area contributed by atoms with Gasteiger partial charge in [-0.05, 0) is 43.5 Å². The molecule has 0 aliphatic carbocycles. The van der Waals surface area contributed by atoms with Crippen molar-refractivity contribution in [2.75, 3.05) is 19.0 Å². The van der Waals surface area contributed by atoms with Crippen molar-refractivity contribution in [2.24, 2.45) is 0 Å². The molecule has 0 aliphatic rings. The van der Waals surface area contributed by atoms with E-state index in [0.717, 1.165) is 28.4 Å². The summed E-state index contributed by atoms with van der Waals surface area (Å²) in [6, 6.07) is 2.60. The summed E-state index contributed by atoms with van der Waals surface area (Å²) in [6.07, 6.45) is 2.18. The zero-order chi connectivity index (χ0) is 19.7. The van der Waals surface area contributed by atoms with Gasteiger partial charge in [-0.25, -0.2) is 9.59 Å². The van der Waals surface area contributed by atoms with Crippen molar-refractivity contribution in [3.63, 3.8) is 0 Å². The molecule has 3 amide bonds. The lowest BCUT2D eigenvalue weighted by molar-refractivity contribution is -0.145. The van der Waals surface area contributed by atoms with Crippen LogP contribution in [0.5, 0.6) is 0 Å². The lowest BCUT2D eigenvalue weighted by Crippen LogP contribution is -2.46. The third-order valence-corrected chi connectivity index (χ3v) is 4.27. The van der Waals surface area contributed by atoms with Gasteiger partial charge in [0.15, 0.2) is 0 Å². The summed E-state index contributed by atoms with van der Waals surface area (Å²) >= 11 is 3.40. The van der Waals surface area contributed by atoms with Crippen molar-refractivity contribution in [1.29, 1.82) is 0 Å². The maximum atomic E-state index is 12.0. The quantitative estimate of drug-likeness (QED) is 0.555. The average molecular weight is 428 g/mol. The maximum Gasteiger partial charge on any atom is 0.328 e. The van der Waals surface area contributed by atoms with E-state index in [1.807, 2.05) is 32.9 Å². The van der Waals surface area contributed by atoms with Crippen molar-refractivity contribution >= 4 is 39.5 Å². The van der Waals surface area contributed by atoms with E-state index in [1.165, 1.54) is 7.11 Å². The van der Waals surface area contributed by atoms with Crippen LogP contribution in [-0.2, 0) is 14.3 Å². The summed E-state index contributed by atoms with van der Waals surface area (Å²) in [5.74, 6) is -0.937. The van der Waals surface area contributed by atoms with Gasteiger partial charge >= 0.3 is 12.0 Å². The predicted molar refractivity (Wildman–Crippen MR) is 104 cm³/mol. The molecule has 0 saturated heterocycles. The summed E-state index contributed by atoms with van der Waals surface area (Å²) in [6.45, 7) is 5.53. The molecule has 1 unspecified atom stereocenters. The fourth-order valence-corrected chi connectivity index (χ4v) is 3.16. The van der Waals surface area contributed by atoms with Gasteiger partial charge in [0.05, 0.1) is 13.7 Å². The van der Waals surface area contributed by atoms with Crippen LogP contribution in [-0.4, -0.2) is 37.6 Å². The first-order valence-corrected chi connectivity index (χ1v) is 9.26. The zero-order valence-electron chi connectivity index (χ0n) is 15.6. The van der Waals surface area contributed by atoms with E-state index >= 15 is 0 Å². The number of carbonyl (C=O) groups excluding carboxylic acids is 3. The molecule has 7 nitrogen and oxygen atoms in total. The molecule has 0 spiro atoms. The third kappa shape index (κ3) is 7.03. The van der Waals surface area contributed by atoms with E-state index < -0.39 is 23.9 Å². The first-order valence-electron chi connectivity index (χ1n) is 8.47. The number of hydrogen-bond acceptors (Lipinski definition) is 4. The van der Waals surface area contributed by atoms with Crippen molar-refractivity contribution in [1.82, 2.24) is 10.6 Å². The minimum absolute atomic E-state index is 0.236. The van der Waals surface area contributed by atoms with Crippen LogP contribution in [0.25, 0.3) is 0 Å². The Bertz CT molecular complexity index is 641. The van der Waals surface area contributed by atoms with E-state index in [0.29, 0.717) is 12.1 Å². The number of carbonyl (C=O) groups is 3. The summed E-state index contributed by atoms with van der Waals surface area (Å²) < 4.78 is 5.62. The van der Waals surface area contributed by atoms with Gasteiger partial charge in [-0.3, -0.25) is 4.79 Å². The molecule has 26 heavy (non-hydrogen) atoms. The number of hydrogen-bond donors (Lipinski definition) is 3. The van der Waals surface area contributed by atoms with Gasteiger partial charge in [-0.2, -0.15) is 0 Å². The minimum Gasteiger partial charge on any atom is -0.467 e. The Balaban J connectivity index is 2.56. The number of halogens is 1. The number of nitrogens with one attached hydrogen (secondary N) is 3. The van der Waals surface area contributed by atoms with Crippen LogP contribution in [0.1, 0.15) is 37.3 Å². The summed E-state index contributed by atoms with van der Waals surface area (Å²) in [5.41, 5.74) is 2.50. The molecule has 0 radical (unpaired) electrons. The molecule has 0 saturated carbocycles. The third-order valence-electron chi connectivity index (χ3n) is 3.81. The van der Waals surface area contributed by atoms with Crippen LogP contribution in [0.15, 0.2) is 16.6 Å². The summed E-state index contributed by atoms with van der Waals surface area (Å²) in [4.78, 5) is 35.7. The lowest BCUT2D eigenvalue weighted by atomic mass is 10.1. The molecule has 0 heterocycles. The van der Waals surface area contributed by atoms with Crippen molar-refractivity contribution in [3.8, 4) is 0 Å². The molecule has 1 aromatic carbocycles. The Kier molecular flexibility index (Phi) is 9.12. The normalized spacial score (nSPS) is 11.4. The van der Waals surface area contributed by atoms with E-state index in [-0.39, 0.29) is 6.54 Å². The molecule has 3 N–H and O–H groups in total. The number of esters is 1. The first-order chi connectivity index (χ1) is 12.3. The standard InChI is InChI=1S/C18H26BrN3O4/c1-5-6-7-14(17(24)26-4)21-15(23)10-20-18(25)22-16-11(2)8-13(19)9-12(16)3/h8-9,14H,5-7,10H2,1-4H3,(H,21,23)(H2,20,22,25). The van der Waals surface area contributed by atoms with E-state index in [1.54, 1.807) is 0 Å². The number of benzene rings is 1. The van der Waals surface area contributed by atoms with Gasteiger partial charge in [0.1, 0.15) is 6.04 Å². The van der Waals surface area contributed by atoms with Crippen LogP contribution in [0.3, 0.4) is 0 Å². The van der Waals surface area contributed by atoms with Crippen LogP contribution in [0.2, 0.25) is 0 Å². The Labute approximate surface area is 162 Å². The second-order valence-corrected chi connectivity index (χ2v) is 6.92. The zero-order valence-corrected chi connectivity index (χ0v) is 17.2. The molecule has 1 rings (SSSR count). The molecular formula is C18H26BrN3O4. The van der Waals surface area contributed by atoms with E-state index in [9.17, 15) is 14.4 Å². The lowest BCUT2D eigenvalue weighted by Gasteiger charge is -2.17. The number of ether oxygens (including phenoxy) is 1. The van der Waals surface area contributed by atoms with Gasteiger partial charge in [-0.1, -0.05) is 35.7 Å². The Morgan fingerprint density at radius 1 is 1.19 bits per heavy atom. The van der Waals surface area contributed by atoms with Crippen LogP contribution >= 0.6 is 15.9 Å². The number of anilines is 1. The smallest absolute Gasteiger partial charge is 0.328 e. The van der Waals surface area contributed by atoms with Crippen molar-refractivity contribution in [3.05, 3.63) is 27.7 Å². The van der Waals surface area contributed by atoms with E-state index in [2.05, 4.69) is 31.9 Å². The highest BCUT2D eigenvalue weighted by atomic mass is 79.9. The van der Waals surface area contributed by atoms with Crippen LogP contribution in [0.4, 0.5) is 10.5 Å². The highest BCUT2D eigenvalue weighted by Gasteiger charge is 2.21. The van der Waals surface area contributed by atoms with Gasteiger partial charge in [0.2, 0.25) is 5.91 Å². The Morgan fingerprint density at radius 3 is 2.35 bits per heavy atom. The molecule has 8 heteroatoms. The molecule has 144 valence electrons. The average Bonchev–Trinajstić information content (AvgIpc) is 2.59. The predicted octanol–water partition coefficient (Wildman–Crippen LogP) is 3.04. The minimum atomic E-state index is -0.701. The van der Waals surface area contributed by atoms with Crippen LogP contribution in [0, 0.1) is 13.8 Å². The number of amides is 3. The number of rotatable bonds is 8. The van der Waals surface area contributed by atoms with Crippen molar-refractivity contribution < 1.29 is 19.1 Å². The molecule has 1 atom stereocenters. The molecule has 0 aliphatic heterocycles. The van der Waals surface area contributed by atoms with Gasteiger partial charge in [0.25, 0.3) is 0 Å². The largest absolute Gasteiger partial charge is 0.467 e. The summed E-state index contributed by atoms with van der Waals surface area (Å²) in [5, 5.41) is 7.82. The van der Waals surface area contributed by atoms with Gasteiger partial charge < -0.3 is 20.7 Å². The van der Waals surface area contributed by atoms with Gasteiger partial charge in [-0.15, -0.1) is 0 Å². The molecule has 0 fully saturated rings. The SMILES string of the molecule is CCCCC(NC(=O)CNC(=O)Nc1c(C)cc(Br)cc1C)C(=O)OC. The second-order valence-electron chi connectivity index (χ2n) is 6.01. The first kappa shape index (κ1) is 22.0. The second kappa shape index (κ2) is 10.8. The number of aryl methyl sites for hydroxylation is 2. The Hall–Kier alpha value is -2.09. The molecule has 1 aromatic rings. The molecular weight excluding hydrogens is 402 g/mol. The van der Waals surface area contributed by atoms with E-state index in [4.69, 9.17) is 4.74 Å². The molecule has 0 aromatic heterocycles. The topological polar surface area (TPSA) is 96.5 Å². The monoisotopic (exact) mass is 427 g/mol. The number of urea groups is 1. The highest BCUT2D eigenvalue weighted by Crippen LogP contribution is 2.24. The summed E-state index contributed by atoms with van der Waals surface area (Å²) in [7, 11) is 1.28.